The second kappa shape index (κ2) is 7.51. The molecule has 134 valence electrons. The van der Waals surface area contributed by atoms with Crippen LogP contribution in [-0.2, 0) is 0 Å². The highest BCUT2D eigenvalue weighted by molar-refractivity contribution is 7.07. The summed E-state index contributed by atoms with van der Waals surface area (Å²) in [6.45, 7) is 0. The van der Waals surface area contributed by atoms with Crippen LogP contribution >= 0.6 is 11.3 Å². The number of halogens is 2. The van der Waals surface area contributed by atoms with E-state index in [0.29, 0.717) is 4.80 Å². The predicted octanol–water partition coefficient (Wildman–Crippen LogP) is 4.94. The Morgan fingerprint density at radius 3 is 2.59 bits per heavy atom. The summed E-state index contributed by atoms with van der Waals surface area (Å²) in [5.41, 5.74) is 2.66. The van der Waals surface area contributed by atoms with Gasteiger partial charge in [-0.25, -0.2) is 18.4 Å². The topological polar surface area (TPSA) is 45.4 Å². The van der Waals surface area contributed by atoms with Crippen LogP contribution in [0.15, 0.2) is 82.3 Å². The lowest BCUT2D eigenvalue weighted by Crippen LogP contribution is -2.11. The number of hydrogen-bond donors (Lipinski definition) is 1. The van der Waals surface area contributed by atoms with Gasteiger partial charge in [-0.1, -0.05) is 30.3 Å². The van der Waals surface area contributed by atoms with Crippen molar-refractivity contribution in [1.29, 1.82) is 0 Å². The zero-order valence-corrected chi connectivity index (χ0v) is 14.8. The van der Waals surface area contributed by atoms with Crippen LogP contribution in [0.4, 0.5) is 14.5 Å². The van der Waals surface area contributed by atoms with E-state index in [-0.39, 0.29) is 5.69 Å². The van der Waals surface area contributed by atoms with E-state index in [1.807, 2.05) is 47.8 Å². The minimum Gasteiger partial charge on any atom is -0.360 e. The largest absolute Gasteiger partial charge is 0.360 e. The van der Waals surface area contributed by atoms with Crippen molar-refractivity contribution >= 4 is 23.2 Å². The van der Waals surface area contributed by atoms with Crippen LogP contribution in [0.1, 0.15) is 5.69 Å². The number of rotatable bonds is 4. The molecule has 0 saturated heterocycles. The highest BCUT2D eigenvalue weighted by Gasteiger charge is 2.09. The Labute approximate surface area is 157 Å². The summed E-state index contributed by atoms with van der Waals surface area (Å²) in [4.78, 5) is 7.87. The third-order valence-corrected chi connectivity index (χ3v) is 4.63. The Balaban J connectivity index is 1.86. The van der Waals surface area contributed by atoms with Crippen LogP contribution in [-0.4, -0.2) is 15.9 Å². The van der Waals surface area contributed by atoms with E-state index in [1.54, 1.807) is 17.1 Å². The molecule has 0 aliphatic carbocycles. The third-order valence-electron chi connectivity index (χ3n) is 3.82. The fourth-order valence-corrected chi connectivity index (χ4v) is 3.36. The monoisotopic (exact) mass is 380 g/mol. The van der Waals surface area contributed by atoms with Crippen LogP contribution in [0.5, 0.6) is 0 Å². The maximum Gasteiger partial charge on any atom is 0.211 e. The fourth-order valence-electron chi connectivity index (χ4n) is 2.52. The van der Waals surface area contributed by atoms with Gasteiger partial charge in [-0.2, -0.15) is 5.10 Å². The van der Waals surface area contributed by atoms with Crippen molar-refractivity contribution in [3.63, 3.8) is 0 Å². The molecule has 0 amide bonds. The first-order valence-corrected chi connectivity index (χ1v) is 9.02. The van der Waals surface area contributed by atoms with Gasteiger partial charge in [-0.05, 0) is 24.3 Å². The summed E-state index contributed by atoms with van der Waals surface area (Å²) >= 11 is 1.33. The average molecular weight is 380 g/mol. The normalized spacial score (nSPS) is 12.1. The predicted molar refractivity (Wildman–Crippen MR) is 103 cm³/mol. The maximum absolute atomic E-state index is 14.0. The molecule has 2 aromatic heterocycles. The number of nitrogens with zero attached hydrogens (tertiary/aromatic N) is 3. The van der Waals surface area contributed by atoms with E-state index in [1.165, 1.54) is 23.5 Å². The van der Waals surface area contributed by atoms with Gasteiger partial charge in [0, 0.05) is 23.2 Å². The third kappa shape index (κ3) is 3.78. The van der Waals surface area contributed by atoms with E-state index in [0.717, 1.165) is 23.0 Å². The summed E-state index contributed by atoms with van der Waals surface area (Å²) in [5.74, 6) is -1.36. The molecule has 0 fully saturated rings. The Morgan fingerprint density at radius 1 is 1.00 bits per heavy atom. The molecule has 27 heavy (non-hydrogen) atoms. The van der Waals surface area contributed by atoms with Gasteiger partial charge in [0.1, 0.15) is 11.5 Å². The summed E-state index contributed by atoms with van der Waals surface area (Å²) in [7, 11) is 0. The van der Waals surface area contributed by atoms with Gasteiger partial charge in [0.25, 0.3) is 0 Å². The van der Waals surface area contributed by atoms with Gasteiger partial charge in [-0.15, -0.1) is 11.3 Å². The standard InChI is InChI=1S/C20H14F2N4S/c21-15-8-9-18(17(22)11-15)25-20-26(24-12-16-7-4-10-23-16)19(13-27-20)14-5-2-1-3-6-14/h1-13,23H. The molecular formula is C20H14F2N4S. The Hall–Kier alpha value is -3.32. The van der Waals surface area contributed by atoms with E-state index in [4.69, 9.17) is 0 Å². The Kier molecular flexibility index (Phi) is 4.76. The summed E-state index contributed by atoms with van der Waals surface area (Å²) in [5, 5.41) is 6.41. The smallest absolute Gasteiger partial charge is 0.211 e. The van der Waals surface area contributed by atoms with E-state index in [2.05, 4.69) is 15.1 Å². The van der Waals surface area contributed by atoms with Gasteiger partial charge in [0.15, 0.2) is 5.82 Å². The minimum absolute atomic E-state index is 0.0571. The van der Waals surface area contributed by atoms with Crippen LogP contribution in [0, 0.1) is 11.6 Å². The number of hydrogen-bond acceptors (Lipinski definition) is 3. The maximum atomic E-state index is 14.0. The highest BCUT2D eigenvalue weighted by atomic mass is 32.1. The first-order valence-electron chi connectivity index (χ1n) is 8.14. The minimum atomic E-state index is -0.718. The molecule has 4 rings (SSSR count). The first-order chi connectivity index (χ1) is 13.2. The molecule has 7 heteroatoms. The molecule has 0 bridgehead atoms. The quantitative estimate of drug-likeness (QED) is 0.488. The molecule has 0 saturated carbocycles. The van der Waals surface area contributed by atoms with Gasteiger partial charge in [0.2, 0.25) is 4.80 Å². The van der Waals surface area contributed by atoms with Crippen molar-refractivity contribution < 1.29 is 8.78 Å². The lowest BCUT2D eigenvalue weighted by atomic mass is 10.2. The van der Waals surface area contributed by atoms with E-state index >= 15 is 0 Å². The SMILES string of the molecule is Fc1ccc(N=c2scc(-c3ccccc3)n2N=Cc2ccc[nH]2)c(F)c1. The Bertz CT molecular complexity index is 1140. The molecule has 0 aliphatic heterocycles. The van der Waals surface area contributed by atoms with Crippen molar-refractivity contribution in [2.75, 3.05) is 0 Å². The second-order valence-electron chi connectivity index (χ2n) is 5.66. The van der Waals surface area contributed by atoms with Crippen LogP contribution in [0.3, 0.4) is 0 Å². The molecule has 0 radical (unpaired) electrons. The highest BCUT2D eigenvalue weighted by Crippen LogP contribution is 2.22. The molecular weight excluding hydrogens is 366 g/mol. The van der Waals surface area contributed by atoms with Crippen LogP contribution in [0.25, 0.3) is 11.3 Å². The summed E-state index contributed by atoms with van der Waals surface area (Å²) in [6.07, 6.45) is 3.47. The van der Waals surface area contributed by atoms with Gasteiger partial charge in [-0.3, -0.25) is 0 Å². The number of thiazole rings is 1. The summed E-state index contributed by atoms with van der Waals surface area (Å²) in [6, 6.07) is 16.8. The molecule has 0 aliphatic rings. The number of nitrogens with one attached hydrogen (secondary N) is 1. The van der Waals surface area contributed by atoms with E-state index < -0.39 is 11.6 Å². The van der Waals surface area contributed by atoms with Crippen LogP contribution < -0.4 is 4.80 Å². The molecule has 0 atom stereocenters. The van der Waals surface area contributed by atoms with Crippen molar-refractivity contribution in [2.45, 2.75) is 0 Å². The number of benzene rings is 2. The van der Waals surface area contributed by atoms with Crippen LogP contribution in [0.2, 0.25) is 0 Å². The van der Waals surface area contributed by atoms with Crippen molar-refractivity contribution in [3.8, 4) is 11.3 Å². The van der Waals surface area contributed by atoms with Gasteiger partial charge >= 0.3 is 0 Å². The van der Waals surface area contributed by atoms with Gasteiger partial charge < -0.3 is 4.98 Å². The number of aromatic nitrogens is 2. The number of H-pyrrole nitrogens is 1. The average Bonchev–Trinajstić information content (AvgIpc) is 3.33. The molecule has 2 aromatic carbocycles. The molecule has 2 heterocycles. The van der Waals surface area contributed by atoms with E-state index in [9.17, 15) is 8.78 Å². The van der Waals surface area contributed by atoms with Crippen molar-refractivity contribution in [1.82, 2.24) is 9.66 Å². The molecule has 0 unspecified atom stereocenters. The second-order valence-corrected chi connectivity index (χ2v) is 6.50. The molecule has 1 N–H and O–H groups in total. The molecule has 4 aromatic rings. The molecule has 0 spiro atoms. The number of aromatic amines is 1. The fraction of sp³-hybridized carbons (Fsp3) is 0. The first kappa shape index (κ1) is 17.1. The lowest BCUT2D eigenvalue weighted by Gasteiger charge is -2.03. The summed E-state index contributed by atoms with van der Waals surface area (Å²) < 4.78 is 28.8. The molecule has 4 nitrogen and oxygen atoms in total. The lowest BCUT2D eigenvalue weighted by molar-refractivity contribution is 0.584. The van der Waals surface area contributed by atoms with Crippen molar-refractivity contribution in [2.24, 2.45) is 10.1 Å². The van der Waals surface area contributed by atoms with Crippen molar-refractivity contribution in [3.05, 3.63) is 94.4 Å². The van der Waals surface area contributed by atoms with Gasteiger partial charge in [0.05, 0.1) is 17.6 Å². The zero-order chi connectivity index (χ0) is 18.6. The zero-order valence-electron chi connectivity index (χ0n) is 14.0. The Morgan fingerprint density at radius 2 is 1.85 bits per heavy atom.